The summed E-state index contributed by atoms with van der Waals surface area (Å²) in [6, 6.07) is 6.14. The SMILES string of the molecule is COc1cc2cc(C(=O)NC(C)C(=O)NCc3ccco3)[nH]c2c(OC)c1OC. The Morgan fingerprint density at radius 3 is 2.52 bits per heavy atom. The number of nitrogens with one attached hydrogen (secondary N) is 3. The Balaban J connectivity index is 1.75. The highest BCUT2D eigenvalue weighted by Crippen LogP contribution is 2.43. The highest BCUT2D eigenvalue weighted by molar-refractivity contribution is 6.02. The average Bonchev–Trinajstić information content (AvgIpc) is 3.39. The van der Waals surface area contributed by atoms with Gasteiger partial charge in [0.1, 0.15) is 17.5 Å². The Morgan fingerprint density at radius 2 is 1.90 bits per heavy atom. The highest BCUT2D eigenvalue weighted by atomic mass is 16.5. The van der Waals surface area contributed by atoms with Gasteiger partial charge in [0.25, 0.3) is 5.91 Å². The van der Waals surface area contributed by atoms with Crippen LogP contribution in [0.25, 0.3) is 10.9 Å². The first-order chi connectivity index (χ1) is 14.0. The summed E-state index contributed by atoms with van der Waals surface area (Å²) >= 11 is 0. The molecule has 0 fully saturated rings. The van der Waals surface area contributed by atoms with Crippen LogP contribution in [0.2, 0.25) is 0 Å². The number of furan rings is 1. The molecule has 0 aliphatic heterocycles. The molecular weight excluding hydrogens is 378 g/mol. The van der Waals surface area contributed by atoms with Crippen LogP contribution in [0.15, 0.2) is 34.9 Å². The fourth-order valence-electron chi connectivity index (χ4n) is 2.95. The molecule has 9 nitrogen and oxygen atoms in total. The van der Waals surface area contributed by atoms with Gasteiger partial charge in [-0.2, -0.15) is 0 Å². The molecule has 1 atom stereocenters. The van der Waals surface area contributed by atoms with Gasteiger partial charge in [-0.05, 0) is 31.2 Å². The van der Waals surface area contributed by atoms with Crippen LogP contribution < -0.4 is 24.8 Å². The fraction of sp³-hybridized carbons (Fsp3) is 0.300. The number of aromatic nitrogens is 1. The first-order valence-electron chi connectivity index (χ1n) is 8.91. The van der Waals surface area contributed by atoms with E-state index < -0.39 is 11.9 Å². The van der Waals surface area contributed by atoms with Crippen molar-refractivity contribution in [3.05, 3.63) is 42.0 Å². The molecule has 29 heavy (non-hydrogen) atoms. The van der Waals surface area contributed by atoms with Gasteiger partial charge in [-0.15, -0.1) is 0 Å². The van der Waals surface area contributed by atoms with Gasteiger partial charge < -0.3 is 34.2 Å². The molecule has 2 heterocycles. The number of ether oxygens (including phenoxy) is 3. The molecule has 0 radical (unpaired) electrons. The number of hydrogen-bond donors (Lipinski definition) is 3. The summed E-state index contributed by atoms with van der Waals surface area (Å²) in [5, 5.41) is 6.08. The van der Waals surface area contributed by atoms with E-state index >= 15 is 0 Å². The molecule has 1 unspecified atom stereocenters. The molecule has 9 heteroatoms. The van der Waals surface area contributed by atoms with Crippen molar-refractivity contribution in [3.63, 3.8) is 0 Å². The van der Waals surface area contributed by atoms with Gasteiger partial charge in [-0.3, -0.25) is 9.59 Å². The van der Waals surface area contributed by atoms with Gasteiger partial charge in [-0.1, -0.05) is 0 Å². The third-order valence-electron chi connectivity index (χ3n) is 4.42. The van der Waals surface area contributed by atoms with Crippen LogP contribution in [-0.4, -0.2) is 44.2 Å². The molecule has 154 valence electrons. The summed E-state index contributed by atoms with van der Waals surface area (Å²) in [6.45, 7) is 1.85. The predicted octanol–water partition coefficient (Wildman–Crippen LogP) is 2.22. The van der Waals surface area contributed by atoms with Crippen LogP contribution >= 0.6 is 0 Å². The van der Waals surface area contributed by atoms with Gasteiger partial charge >= 0.3 is 0 Å². The maximum Gasteiger partial charge on any atom is 0.268 e. The van der Waals surface area contributed by atoms with Gasteiger partial charge in [0.15, 0.2) is 11.5 Å². The number of rotatable bonds is 8. The zero-order chi connectivity index (χ0) is 21.0. The second kappa shape index (κ2) is 8.59. The topological polar surface area (TPSA) is 115 Å². The summed E-state index contributed by atoms with van der Waals surface area (Å²) in [5.74, 6) is 1.19. The number of amides is 2. The van der Waals surface area contributed by atoms with Gasteiger partial charge in [0.2, 0.25) is 11.7 Å². The second-order valence-electron chi connectivity index (χ2n) is 6.28. The summed E-state index contributed by atoms with van der Waals surface area (Å²) in [5.41, 5.74) is 0.865. The molecule has 0 aliphatic rings. The van der Waals surface area contributed by atoms with Crippen molar-refractivity contribution in [1.29, 1.82) is 0 Å². The summed E-state index contributed by atoms with van der Waals surface area (Å²) < 4.78 is 21.3. The molecule has 3 N–H and O–H groups in total. The highest BCUT2D eigenvalue weighted by Gasteiger charge is 2.22. The zero-order valence-electron chi connectivity index (χ0n) is 16.6. The smallest absolute Gasteiger partial charge is 0.268 e. The van der Waals surface area contributed by atoms with Crippen LogP contribution in [0, 0.1) is 0 Å². The average molecular weight is 401 g/mol. The third-order valence-corrected chi connectivity index (χ3v) is 4.42. The molecule has 2 amide bonds. The molecule has 0 aliphatic carbocycles. The number of aromatic amines is 1. The number of methoxy groups -OCH3 is 3. The van der Waals surface area contributed by atoms with Gasteiger partial charge in [-0.25, -0.2) is 0 Å². The maximum absolute atomic E-state index is 12.6. The Kier molecular flexibility index (Phi) is 5.96. The third kappa shape index (κ3) is 4.13. The van der Waals surface area contributed by atoms with E-state index in [1.807, 2.05) is 0 Å². The minimum Gasteiger partial charge on any atom is -0.493 e. The Bertz CT molecular complexity index is 1010. The lowest BCUT2D eigenvalue weighted by Gasteiger charge is -2.13. The quantitative estimate of drug-likeness (QED) is 0.533. The van der Waals surface area contributed by atoms with E-state index in [0.29, 0.717) is 33.9 Å². The van der Waals surface area contributed by atoms with E-state index in [4.69, 9.17) is 18.6 Å². The van der Waals surface area contributed by atoms with E-state index in [1.165, 1.54) is 27.6 Å². The molecule has 3 rings (SSSR count). The van der Waals surface area contributed by atoms with Crippen LogP contribution in [0.4, 0.5) is 0 Å². The molecule has 1 aromatic carbocycles. The number of fused-ring (bicyclic) bond motifs is 1. The van der Waals surface area contributed by atoms with Crippen molar-refractivity contribution in [1.82, 2.24) is 15.6 Å². The Labute approximate surface area is 167 Å². The van der Waals surface area contributed by atoms with E-state index in [1.54, 1.807) is 31.2 Å². The minimum absolute atomic E-state index is 0.245. The number of H-pyrrole nitrogens is 1. The lowest BCUT2D eigenvalue weighted by molar-refractivity contribution is -0.122. The number of benzene rings is 1. The fourth-order valence-corrected chi connectivity index (χ4v) is 2.95. The Morgan fingerprint density at radius 1 is 1.14 bits per heavy atom. The standard InChI is InChI=1S/C20H23N3O6/c1-11(19(24)21-10-13-6-5-7-29-13)22-20(25)14-8-12-9-15(26-2)17(27-3)18(28-4)16(12)23-14/h5-9,11,23H,10H2,1-4H3,(H,21,24)(H,22,25). The normalized spacial score (nSPS) is 11.7. The molecule has 0 bridgehead atoms. The van der Waals surface area contributed by atoms with Crippen LogP contribution in [0.1, 0.15) is 23.2 Å². The van der Waals surface area contributed by atoms with Crippen molar-refractivity contribution in [2.45, 2.75) is 19.5 Å². The van der Waals surface area contributed by atoms with Gasteiger partial charge in [0, 0.05) is 5.39 Å². The number of carbonyl (C=O) groups is 2. The van der Waals surface area contributed by atoms with E-state index in [9.17, 15) is 9.59 Å². The zero-order valence-corrected chi connectivity index (χ0v) is 16.6. The number of hydrogen-bond acceptors (Lipinski definition) is 6. The monoisotopic (exact) mass is 401 g/mol. The largest absolute Gasteiger partial charge is 0.493 e. The first-order valence-corrected chi connectivity index (χ1v) is 8.91. The molecule has 0 spiro atoms. The second-order valence-corrected chi connectivity index (χ2v) is 6.28. The lowest BCUT2D eigenvalue weighted by Crippen LogP contribution is -2.44. The molecule has 0 saturated carbocycles. The van der Waals surface area contributed by atoms with Crippen molar-refractivity contribution in [2.75, 3.05) is 21.3 Å². The van der Waals surface area contributed by atoms with E-state index in [-0.39, 0.29) is 18.1 Å². The Hall–Kier alpha value is -3.62. The summed E-state index contributed by atoms with van der Waals surface area (Å²) in [7, 11) is 4.53. The maximum atomic E-state index is 12.6. The predicted molar refractivity (Wildman–Crippen MR) is 105 cm³/mol. The van der Waals surface area contributed by atoms with Crippen LogP contribution in [0.3, 0.4) is 0 Å². The molecule has 3 aromatic rings. The molecule has 2 aromatic heterocycles. The van der Waals surface area contributed by atoms with Crippen molar-refractivity contribution >= 4 is 22.7 Å². The van der Waals surface area contributed by atoms with Crippen LogP contribution in [0.5, 0.6) is 17.2 Å². The van der Waals surface area contributed by atoms with Crippen molar-refractivity contribution < 1.29 is 28.2 Å². The van der Waals surface area contributed by atoms with Gasteiger partial charge in [0.05, 0.1) is 39.7 Å². The van der Waals surface area contributed by atoms with Crippen LogP contribution in [-0.2, 0) is 11.3 Å². The molecule has 0 saturated heterocycles. The van der Waals surface area contributed by atoms with E-state index in [0.717, 1.165) is 0 Å². The van der Waals surface area contributed by atoms with Crippen molar-refractivity contribution in [2.24, 2.45) is 0 Å². The van der Waals surface area contributed by atoms with Crippen molar-refractivity contribution in [3.8, 4) is 17.2 Å². The summed E-state index contributed by atoms with van der Waals surface area (Å²) in [4.78, 5) is 27.9. The van der Waals surface area contributed by atoms with E-state index in [2.05, 4.69) is 15.6 Å². The molecular formula is C20H23N3O6. The lowest BCUT2D eigenvalue weighted by atomic mass is 10.2. The first kappa shape index (κ1) is 20.1. The summed E-state index contributed by atoms with van der Waals surface area (Å²) in [6.07, 6.45) is 1.53. The number of carbonyl (C=O) groups excluding carboxylic acids is 2. The minimum atomic E-state index is -0.741.